The largest absolute Gasteiger partial charge is 0.487 e. The smallest absolute Gasteiger partial charge is 0.127 e. The van der Waals surface area contributed by atoms with E-state index < -0.39 is 0 Å². The zero-order valence-electron chi connectivity index (χ0n) is 10.7. The summed E-state index contributed by atoms with van der Waals surface area (Å²) in [5.74, 6) is 0.428. The van der Waals surface area contributed by atoms with E-state index in [4.69, 9.17) is 15.2 Å². The van der Waals surface area contributed by atoms with E-state index in [1.807, 2.05) is 12.2 Å². The molecule has 19 heavy (non-hydrogen) atoms. The van der Waals surface area contributed by atoms with Gasteiger partial charge in [0.2, 0.25) is 0 Å². The van der Waals surface area contributed by atoms with Crippen LogP contribution in [0.25, 0.3) is 6.08 Å². The molecule has 1 saturated heterocycles. The van der Waals surface area contributed by atoms with Gasteiger partial charge < -0.3 is 15.2 Å². The van der Waals surface area contributed by atoms with Crippen LogP contribution in [-0.2, 0) is 4.74 Å². The lowest BCUT2D eigenvalue weighted by Crippen LogP contribution is -2.16. The predicted molar refractivity (Wildman–Crippen MR) is 76.2 cm³/mol. The topological polar surface area (TPSA) is 44.5 Å². The predicted octanol–water partition coefficient (Wildman–Crippen LogP) is 2.78. The van der Waals surface area contributed by atoms with E-state index in [2.05, 4.69) is 0 Å². The van der Waals surface area contributed by atoms with E-state index in [-0.39, 0.29) is 24.3 Å². The number of halogens is 2. The summed E-state index contributed by atoms with van der Waals surface area (Å²) in [7, 11) is 0. The maximum absolute atomic E-state index is 13.2. The Morgan fingerprint density at radius 3 is 3.00 bits per heavy atom. The van der Waals surface area contributed by atoms with Crippen molar-refractivity contribution in [1.82, 2.24) is 0 Å². The summed E-state index contributed by atoms with van der Waals surface area (Å²) < 4.78 is 24.3. The van der Waals surface area contributed by atoms with Crippen LogP contribution in [0.3, 0.4) is 0 Å². The standard InChI is InChI=1S/C14H18FNO2.ClH/c15-12-4-5-14(18-13-6-8-17-10-13)11(9-12)3-1-2-7-16;/h1,3-5,9,13H,2,6-8,10,16H2;1H. The number of rotatable bonds is 5. The number of nitrogens with two attached hydrogens (primary N) is 1. The summed E-state index contributed by atoms with van der Waals surface area (Å²) in [4.78, 5) is 0. The van der Waals surface area contributed by atoms with Crippen molar-refractivity contribution in [3.8, 4) is 5.75 Å². The molecule has 3 nitrogen and oxygen atoms in total. The third-order valence-corrected chi connectivity index (χ3v) is 2.78. The molecule has 5 heteroatoms. The van der Waals surface area contributed by atoms with E-state index in [1.165, 1.54) is 12.1 Å². The molecule has 1 atom stereocenters. The summed E-state index contributed by atoms with van der Waals surface area (Å²) >= 11 is 0. The van der Waals surface area contributed by atoms with Gasteiger partial charge in [-0.05, 0) is 31.2 Å². The van der Waals surface area contributed by atoms with Gasteiger partial charge in [0.25, 0.3) is 0 Å². The molecule has 1 aliphatic heterocycles. The van der Waals surface area contributed by atoms with Crippen molar-refractivity contribution < 1.29 is 13.9 Å². The second kappa shape index (κ2) is 8.15. The van der Waals surface area contributed by atoms with Gasteiger partial charge in [-0.15, -0.1) is 12.4 Å². The molecule has 2 N–H and O–H groups in total. The Kier molecular flexibility index (Phi) is 6.84. The first-order valence-corrected chi connectivity index (χ1v) is 6.20. The van der Waals surface area contributed by atoms with Gasteiger partial charge in [-0.3, -0.25) is 0 Å². The molecule has 0 bridgehead atoms. The Morgan fingerprint density at radius 2 is 2.32 bits per heavy atom. The van der Waals surface area contributed by atoms with Gasteiger partial charge in [0.15, 0.2) is 0 Å². The molecule has 106 valence electrons. The highest BCUT2D eigenvalue weighted by atomic mass is 35.5. The normalized spacial score (nSPS) is 18.5. The van der Waals surface area contributed by atoms with Gasteiger partial charge in [0, 0.05) is 12.0 Å². The first kappa shape index (κ1) is 16.0. The van der Waals surface area contributed by atoms with Crippen LogP contribution < -0.4 is 10.5 Å². The molecule has 1 aliphatic rings. The fourth-order valence-corrected chi connectivity index (χ4v) is 1.85. The third-order valence-electron chi connectivity index (χ3n) is 2.78. The number of benzene rings is 1. The maximum atomic E-state index is 13.2. The molecule has 1 unspecified atom stereocenters. The highest BCUT2D eigenvalue weighted by Gasteiger charge is 2.18. The van der Waals surface area contributed by atoms with Crippen molar-refractivity contribution in [3.63, 3.8) is 0 Å². The van der Waals surface area contributed by atoms with Gasteiger partial charge in [-0.1, -0.05) is 12.2 Å². The van der Waals surface area contributed by atoms with Crippen molar-refractivity contribution in [2.75, 3.05) is 19.8 Å². The molecule has 0 amide bonds. The summed E-state index contributed by atoms with van der Waals surface area (Å²) in [5.41, 5.74) is 6.17. The van der Waals surface area contributed by atoms with Gasteiger partial charge in [-0.2, -0.15) is 0 Å². The average molecular weight is 288 g/mol. The van der Waals surface area contributed by atoms with E-state index in [0.29, 0.717) is 18.9 Å². The number of ether oxygens (including phenoxy) is 2. The van der Waals surface area contributed by atoms with E-state index in [0.717, 1.165) is 25.0 Å². The fraction of sp³-hybridized carbons (Fsp3) is 0.429. The molecule has 1 aromatic carbocycles. The van der Waals surface area contributed by atoms with Crippen LogP contribution in [0.1, 0.15) is 18.4 Å². The minimum Gasteiger partial charge on any atom is -0.487 e. The Labute approximate surface area is 119 Å². The third kappa shape index (κ3) is 4.82. The number of hydrogen-bond acceptors (Lipinski definition) is 3. The summed E-state index contributed by atoms with van der Waals surface area (Å²) in [6, 6.07) is 4.54. The van der Waals surface area contributed by atoms with Crippen LogP contribution >= 0.6 is 12.4 Å². The first-order chi connectivity index (χ1) is 8.79. The molecule has 1 aromatic rings. The number of hydrogen-bond donors (Lipinski definition) is 1. The van der Waals surface area contributed by atoms with Gasteiger partial charge in [0.1, 0.15) is 17.7 Å². The Morgan fingerprint density at radius 1 is 1.47 bits per heavy atom. The molecule has 1 fully saturated rings. The zero-order chi connectivity index (χ0) is 12.8. The van der Waals surface area contributed by atoms with Crippen molar-refractivity contribution in [3.05, 3.63) is 35.7 Å². The highest BCUT2D eigenvalue weighted by molar-refractivity contribution is 5.85. The lowest BCUT2D eigenvalue weighted by atomic mass is 10.1. The Balaban J connectivity index is 0.00000180. The molecule has 0 radical (unpaired) electrons. The minimum absolute atomic E-state index is 0. The summed E-state index contributed by atoms with van der Waals surface area (Å²) in [5, 5.41) is 0. The molecule has 0 aliphatic carbocycles. The molecular weight excluding hydrogens is 269 g/mol. The quantitative estimate of drug-likeness (QED) is 0.906. The highest BCUT2D eigenvalue weighted by Crippen LogP contribution is 2.24. The average Bonchev–Trinajstić information content (AvgIpc) is 2.86. The minimum atomic E-state index is -0.266. The lowest BCUT2D eigenvalue weighted by Gasteiger charge is -2.14. The SMILES string of the molecule is Cl.NCCC=Cc1cc(F)ccc1OC1CCOC1. The summed E-state index contributed by atoms with van der Waals surface area (Å²) in [6.45, 7) is 1.91. The zero-order valence-corrected chi connectivity index (χ0v) is 11.5. The lowest BCUT2D eigenvalue weighted by molar-refractivity contribution is 0.141. The first-order valence-electron chi connectivity index (χ1n) is 6.20. The molecule has 0 aromatic heterocycles. The van der Waals surface area contributed by atoms with Crippen LogP contribution in [0.4, 0.5) is 4.39 Å². The van der Waals surface area contributed by atoms with Crippen LogP contribution in [0.15, 0.2) is 24.3 Å². The van der Waals surface area contributed by atoms with E-state index in [1.54, 1.807) is 6.07 Å². The molecule has 0 spiro atoms. The molecule has 2 rings (SSSR count). The van der Waals surface area contributed by atoms with Crippen molar-refractivity contribution in [1.29, 1.82) is 0 Å². The Hall–Kier alpha value is -1.10. The van der Waals surface area contributed by atoms with Gasteiger partial charge in [0.05, 0.1) is 13.2 Å². The van der Waals surface area contributed by atoms with Crippen LogP contribution in [-0.4, -0.2) is 25.9 Å². The fourth-order valence-electron chi connectivity index (χ4n) is 1.85. The van der Waals surface area contributed by atoms with Crippen molar-refractivity contribution in [2.45, 2.75) is 18.9 Å². The van der Waals surface area contributed by atoms with Gasteiger partial charge in [-0.25, -0.2) is 4.39 Å². The monoisotopic (exact) mass is 287 g/mol. The van der Waals surface area contributed by atoms with Crippen molar-refractivity contribution in [2.24, 2.45) is 5.73 Å². The van der Waals surface area contributed by atoms with Gasteiger partial charge >= 0.3 is 0 Å². The Bertz CT molecular complexity index is 420. The second-order valence-electron chi connectivity index (χ2n) is 4.27. The van der Waals surface area contributed by atoms with Crippen LogP contribution in [0.5, 0.6) is 5.75 Å². The molecular formula is C14H19ClFNO2. The second-order valence-corrected chi connectivity index (χ2v) is 4.27. The molecule has 0 saturated carbocycles. The molecule has 1 heterocycles. The van der Waals surface area contributed by atoms with E-state index in [9.17, 15) is 4.39 Å². The van der Waals surface area contributed by atoms with Crippen LogP contribution in [0, 0.1) is 5.82 Å². The van der Waals surface area contributed by atoms with Crippen LogP contribution in [0.2, 0.25) is 0 Å². The maximum Gasteiger partial charge on any atom is 0.127 e. The summed E-state index contributed by atoms with van der Waals surface area (Å²) in [6.07, 6.45) is 5.48. The van der Waals surface area contributed by atoms with E-state index >= 15 is 0 Å². The van der Waals surface area contributed by atoms with Crippen molar-refractivity contribution >= 4 is 18.5 Å².